The SMILES string of the molecule is Cc1cc(C)n2nc(C(=O)NCc3ccccc3Cn3cccn3)nc2n1. The van der Waals surface area contributed by atoms with Gasteiger partial charge in [0.2, 0.25) is 5.82 Å². The number of hydrogen-bond donors (Lipinski definition) is 1. The zero-order valence-electron chi connectivity index (χ0n) is 15.1. The highest BCUT2D eigenvalue weighted by Gasteiger charge is 2.15. The van der Waals surface area contributed by atoms with E-state index >= 15 is 0 Å². The van der Waals surface area contributed by atoms with Crippen LogP contribution in [0.25, 0.3) is 5.78 Å². The topological polar surface area (TPSA) is 90.0 Å². The average molecular weight is 361 g/mol. The maximum Gasteiger partial charge on any atom is 0.291 e. The molecule has 4 rings (SSSR count). The van der Waals surface area contributed by atoms with Crippen molar-refractivity contribution in [2.75, 3.05) is 0 Å². The highest BCUT2D eigenvalue weighted by Crippen LogP contribution is 2.11. The van der Waals surface area contributed by atoms with Crippen LogP contribution in [0, 0.1) is 13.8 Å². The van der Waals surface area contributed by atoms with E-state index in [0.717, 1.165) is 22.5 Å². The number of aromatic nitrogens is 6. The van der Waals surface area contributed by atoms with E-state index in [2.05, 4.69) is 25.5 Å². The molecule has 0 spiro atoms. The second kappa shape index (κ2) is 6.99. The van der Waals surface area contributed by atoms with Gasteiger partial charge in [0.15, 0.2) is 0 Å². The first-order valence-electron chi connectivity index (χ1n) is 8.63. The molecule has 0 bridgehead atoms. The Morgan fingerprint density at radius 2 is 1.93 bits per heavy atom. The largest absolute Gasteiger partial charge is 0.345 e. The van der Waals surface area contributed by atoms with Gasteiger partial charge in [-0.3, -0.25) is 9.48 Å². The van der Waals surface area contributed by atoms with E-state index in [4.69, 9.17) is 0 Å². The van der Waals surface area contributed by atoms with Crippen molar-refractivity contribution < 1.29 is 4.79 Å². The number of hydrogen-bond acceptors (Lipinski definition) is 5. The predicted octanol–water partition coefficient (Wildman–Crippen LogP) is 1.92. The Kier molecular flexibility index (Phi) is 4.37. The Morgan fingerprint density at radius 3 is 2.70 bits per heavy atom. The van der Waals surface area contributed by atoms with Crippen molar-refractivity contribution >= 4 is 11.7 Å². The summed E-state index contributed by atoms with van der Waals surface area (Å²) >= 11 is 0. The summed E-state index contributed by atoms with van der Waals surface area (Å²) in [4.78, 5) is 21.1. The molecule has 0 atom stereocenters. The van der Waals surface area contributed by atoms with Crippen LogP contribution in [0.2, 0.25) is 0 Å². The summed E-state index contributed by atoms with van der Waals surface area (Å²) in [5.41, 5.74) is 3.84. The van der Waals surface area contributed by atoms with Crippen LogP contribution in [0.4, 0.5) is 0 Å². The van der Waals surface area contributed by atoms with Crippen LogP contribution in [0.5, 0.6) is 0 Å². The van der Waals surface area contributed by atoms with Gasteiger partial charge in [-0.05, 0) is 37.1 Å². The van der Waals surface area contributed by atoms with E-state index in [9.17, 15) is 4.79 Å². The molecule has 3 aromatic heterocycles. The molecule has 8 nitrogen and oxygen atoms in total. The Bertz CT molecular complexity index is 1100. The van der Waals surface area contributed by atoms with E-state index in [1.165, 1.54) is 0 Å². The summed E-state index contributed by atoms with van der Waals surface area (Å²) < 4.78 is 3.43. The van der Waals surface area contributed by atoms with Crippen molar-refractivity contribution in [1.29, 1.82) is 0 Å². The second-order valence-electron chi connectivity index (χ2n) is 6.34. The molecule has 0 aliphatic rings. The number of carbonyl (C=O) groups is 1. The molecule has 1 aromatic carbocycles. The van der Waals surface area contributed by atoms with Gasteiger partial charge in [0.1, 0.15) is 0 Å². The zero-order valence-corrected chi connectivity index (χ0v) is 15.1. The molecule has 0 saturated heterocycles. The van der Waals surface area contributed by atoms with Gasteiger partial charge >= 0.3 is 0 Å². The number of carbonyl (C=O) groups excluding carboxylic acids is 1. The van der Waals surface area contributed by atoms with Gasteiger partial charge in [0.05, 0.1) is 6.54 Å². The summed E-state index contributed by atoms with van der Waals surface area (Å²) in [6, 6.07) is 11.7. The summed E-state index contributed by atoms with van der Waals surface area (Å²) in [6.45, 7) is 4.83. The van der Waals surface area contributed by atoms with Crippen LogP contribution >= 0.6 is 0 Å². The lowest BCUT2D eigenvalue weighted by Gasteiger charge is -2.10. The van der Waals surface area contributed by atoms with Gasteiger partial charge in [-0.2, -0.15) is 10.1 Å². The van der Waals surface area contributed by atoms with Gasteiger partial charge < -0.3 is 5.32 Å². The molecule has 1 amide bonds. The van der Waals surface area contributed by atoms with Crippen molar-refractivity contribution in [3.8, 4) is 0 Å². The summed E-state index contributed by atoms with van der Waals surface area (Å²) in [7, 11) is 0. The first-order valence-corrected chi connectivity index (χ1v) is 8.63. The number of amides is 1. The number of rotatable bonds is 5. The molecule has 27 heavy (non-hydrogen) atoms. The van der Waals surface area contributed by atoms with Crippen LogP contribution in [-0.2, 0) is 13.1 Å². The van der Waals surface area contributed by atoms with Crippen LogP contribution < -0.4 is 5.32 Å². The van der Waals surface area contributed by atoms with Crippen molar-refractivity contribution in [3.63, 3.8) is 0 Å². The van der Waals surface area contributed by atoms with Gasteiger partial charge in [-0.25, -0.2) is 9.50 Å². The molecule has 0 radical (unpaired) electrons. The van der Waals surface area contributed by atoms with Gasteiger partial charge in [-0.1, -0.05) is 24.3 Å². The zero-order chi connectivity index (χ0) is 18.8. The normalized spacial score (nSPS) is 11.0. The molecule has 4 aromatic rings. The first kappa shape index (κ1) is 16.9. The number of fused-ring (bicyclic) bond motifs is 1. The smallest absolute Gasteiger partial charge is 0.291 e. The fourth-order valence-corrected chi connectivity index (χ4v) is 2.97. The number of aryl methyl sites for hydroxylation is 2. The molecule has 0 aliphatic heterocycles. The molecule has 0 fully saturated rings. The fourth-order valence-electron chi connectivity index (χ4n) is 2.97. The van der Waals surface area contributed by atoms with Gasteiger partial charge in [0, 0.05) is 30.3 Å². The van der Waals surface area contributed by atoms with E-state index in [1.54, 1.807) is 10.7 Å². The van der Waals surface area contributed by atoms with Crippen LogP contribution in [0.15, 0.2) is 48.8 Å². The standard InChI is InChI=1S/C19H19N7O/c1-13-10-14(2)26-19(22-13)23-17(24-26)18(27)20-11-15-6-3-4-7-16(15)12-25-9-5-8-21-25/h3-10H,11-12H2,1-2H3,(H,20,27). The van der Waals surface area contributed by atoms with Crippen molar-refractivity contribution in [1.82, 2.24) is 34.7 Å². The van der Waals surface area contributed by atoms with Crippen LogP contribution in [0.1, 0.15) is 33.1 Å². The van der Waals surface area contributed by atoms with Crippen molar-refractivity contribution in [2.45, 2.75) is 26.9 Å². The summed E-state index contributed by atoms with van der Waals surface area (Å²) in [5, 5.41) is 11.4. The Morgan fingerprint density at radius 1 is 1.11 bits per heavy atom. The lowest BCUT2D eigenvalue weighted by Crippen LogP contribution is -2.25. The summed E-state index contributed by atoms with van der Waals surface area (Å²) in [6.07, 6.45) is 3.66. The minimum absolute atomic E-state index is 0.112. The third kappa shape index (κ3) is 3.55. The fraction of sp³-hybridized carbons (Fsp3) is 0.211. The molecule has 0 aliphatic carbocycles. The highest BCUT2D eigenvalue weighted by molar-refractivity contribution is 5.90. The molecule has 1 N–H and O–H groups in total. The van der Waals surface area contributed by atoms with Crippen molar-refractivity contribution in [3.05, 3.63) is 77.1 Å². The van der Waals surface area contributed by atoms with Crippen LogP contribution in [-0.4, -0.2) is 35.3 Å². The van der Waals surface area contributed by atoms with E-state index in [0.29, 0.717) is 18.9 Å². The minimum atomic E-state index is -0.327. The monoisotopic (exact) mass is 361 g/mol. The molecule has 8 heteroatoms. The maximum atomic E-state index is 12.5. The molecular weight excluding hydrogens is 342 g/mol. The lowest BCUT2D eigenvalue weighted by molar-refractivity contribution is 0.0940. The molecule has 136 valence electrons. The number of nitrogens with zero attached hydrogens (tertiary/aromatic N) is 6. The van der Waals surface area contributed by atoms with Gasteiger partial charge in [-0.15, -0.1) is 5.10 Å². The van der Waals surface area contributed by atoms with Gasteiger partial charge in [0.25, 0.3) is 11.7 Å². The Hall–Kier alpha value is -3.55. The van der Waals surface area contributed by atoms with E-state index < -0.39 is 0 Å². The second-order valence-corrected chi connectivity index (χ2v) is 6.34. The van der Waals surface area contributed by atoms with E-state index in [1.807, 2.05) is 61.1 Å². The third-order valence-electron chi connectivity index (χ3n) is 4.27. The quantitative estimate of drug-likeness (QED) is 0.586. The lowest BCUT2D eigenvalue weighted by atomic mass is 10.1. The average Bonchev–Trinajstić information content (AvgIpc) is 3.30. The summed E-state index contributed by atoms with van der Waals surface area (Å²) in [5.74, 6) is 0.212. The molecule has 0 saturated carbocycles. The maximum absolute atomic E-state index is 12.5. The number of benzene rings is 1. The molecule has 3 heterocycles. The minimum Gasteiger partial charge on any atom is -0.345 e. The molecule has 0 unspecified atom stereocenters. The highest BCUT2D eigenvalue weighted by atomic mass is 16.2. The van der Waals surface area contributed by atoms with E-state index in [-0.39, 0.29) is 11.7 Å². The Balaban J connectivity index is 1.51. The van der Waals surface area contributed by atoms with Crippen molar-refractivity contribution in [2.24, 2.45) is 0 Å². The number of nitrogens with one attached hydrogen (secondary N) is 1. The third-order valence-corrected chi connectivity index (χ3v) is 4.27. The predicted molar refractivity (Wildman–Crippen MR) is 99.2 cm³/mol. The van der Waals surface area contributed by atoms with Crippen LogP contribution in [0.3, 0.4) is 0 Å². The molecular formula is C19H19N7O. The first-order chi connectivity index (χ1) is 13.1. The Labute approximate surface area is 155 Å².